The van der Waals surface area contributed by atoms with Gasteiger partial charge in [0.15, 0.2) is 0 Å². The molecule has 1 aromatic heterocycles. The molecule has 3 aromatic rings. The first-order valence-corrected chi connectivity index (χ1v) is 10.5. The van der Waals surface area contributed by atoms with Crippen LogP contribution in [0.5, 0.6) is 0 Å². The zero-order chi connectivity index (χ0) is 20.1. The van der Waals surface area contributed by atoms with Gasteiger partial charge in [-0.1, -0.05) is 54.2 Å². The number of hydrogen-bond acceptors (Lipinski definition) is 4. The third-order valence-corrected chi connectivity index (χ3v) is 5.67. The second-order valence-electron chi connectivity index (χ2n) is 6.89. The third-order valence-electron chi connectivity index (χ3n) is 4.82. The van der Waals surface area contributed by atoms with E-state index in [-0.39, 0.29) is 23.5 Å². The fourth-order valence-corrected chi connectivity index (χ4v) is 4.03. The molecule has 1 unspecified atom stereocenters. The standard InChI is InChI=1S/C22H21FN4OS/c23-17-11-8-15(9-12-17)10-13-20-25-22(27-26-20)29-14-21(28)24-19-7-3-5-16-4-1-2-6-18(16)19/h1-2,4,6,8-13,19H,3,5,7,14H2,(H,24,28)(H,25,26,27)/b13-10+. The van der Waals surface area contributed by atoms with Crippen LogP contribution in [0.15, 0.2) is 53.7 Å². The Hall–Kier alpha value is -2.93. The Morgan fingerprint density at radius 1 is 1.21 bits per heavy atom. The number of carbonyl (C=O) groups is 1. The Labute approximate surface area is 172 Å². The maximum atomic E-state index is 12.9. The molecular formula is C22H21FN4OS. The van der Waals surface area contributed by atoms with E-state index in [9.17, 15) is 9.18 Å². The van der Waals surface area contributed by atoms with Crippen molar-refractivity contribution in [2.45, 2.75) is 30.5 Å². The number of H-pyrrole nitrogens is 1. The summed E-state index contributed by atoms with van der Waals surface area (Å²) in [6.07, 6.45) is 6.71. The Bertz CT molecular complexity index is 1020. The van der Waals surface area contributed by atoms with E-state index in [1.165, 1.54) is 35.0 Å². The lowest BCUT2D eigenvalue weighted by Crippen LogP contribution is -2.32. The number of amides is 1. The molecule has 2 aromatic carbocycles. The summed E-state index contributed by atoms with van der Waals surface area (Å²) in [5, 5.41) is 10.6. The van der Waals surface area contributed by atoms with Crippen LogP contribution in [-0.2, 0) is 11.2 Å². The van der Waals surface area contributed by atoms with Gasteiger partial charge >= 0.3 is 0 Å². The summed E-state index contributed by atoms with van der Waals surface area (Å²) in [6, 6.07) is 14.6. The smallest absolute Gasteiger partial charge is 0.230 e. The summed E-state index contributed by atoms with van der Waals surface area (Å²) in [7, 11) is 0. The molecule has 7 heteroatoms. The fraction of sp³-hybridized carbons (Fsp3) is 0.227. The number of fused-ring (bicyclic) bond motifs is 1. The fourth-order valence-electron chi connectivity index (χ4n) is 3.42. The molecule has 1 atom stereocenters. The van der Waals surface area contributed by atoms with Crippen molar-refractivity contribution in [3.63, 3.8) is 0 Å². The number of carbonyl (C=O) groups excluding carboxylic acids is 1. The SMILES string of the molecule is O=C(CSc1n[nH]c(/C=C/c2ccc(F)cc2)n1)NC1CCCc2ccccc21. The van der Waals surface area contributed by atoms with E-state index >= 15 is 0 Å². The summed E-state index contributed by atoms with van der Waals surface area (Å²) in [4.78, 5) is 16.8. The van der Waals surface area contributed by atoms with Crippen LogP contribution in [-0.4, -0.2) is 26.8 Å². The molecule has 148 valence electrons. The van der Waals surface area contributed by atoms with Crippen LogP contribution in [0.3, 0.4) is 0 Å². The van der Waals surface area contributed by atoms with Crippen molar-refractivity contribution in [1.82, 2.24) is 20.5 Å². The highest BCUT2D eigenvalue weighted by Crippen LogP contribution is 2.29. The first kappa shape index (κ1) is 19.4. The van der Waals surface area contributed by atoms with Gasteiger partial charge in [-0.05, 0) is 54.2 Å². The molecule has 1 aliphatic rings. The van der Waals surface area contributed by atoms with Crippen molar-refractivity contribution in [2.24, 2.45) is 0 Å². The monoisotopic (exact) mass is 408 g/mol. The maximum absolute atomic E-state index is 12.9. The number of aryl methyl sites for hydroxylation is 1. The molecule has 0 spiro atoms. The van der Waals surface area contributed by atoms with E-state index in [0.29, 0.717) is 11.0 Å². The molecule has 4 rings (SSSR count). The number of benzene rings is 2. The van der Waals surface area contributed by atoms with Gasteiger partial charge in [0.05, 0.1) is 11.8 Å². The minimum atomic E-state index is -0.268. The molecule has 29 heavy (non-hydrogen) atoms. The summed E-state index contributed by atoms with van der Waals surface area (Å²) < 4.78 is 12.9. The van der Waals surface area contributed by atoms with Crippen LogP contribution in [0.4, 0.5) is 4.39 Å². The van der Waals surface area contributed by atoms with Crippen LogP contribution in [0.25, 0.3) is 12.2 Å². The lowest BCUT2D eigenvalue weighted by atomic mass is 9.88. The minimum Gasteiger partial charge on any atom is -0.349 e. The molecule has 0 fully saturated rings. The number of halogens is 1. The molecule has 0 saturated heterocycles. The van der Waals surface area contributed by atoms with Gasteiger partial charge in [0, 0.05) is 0 Å². The molecule has 1 heterocycles. The second kappa shape index (κ2) is 9.05. The van der Waals surface area contributed by atoms with Gasteiger partial charge in [0.2, 0.25) is 11.1 Å². The Kier molecular flexibility index (Phi) is 6.05. The normalized spacial score (nSPS) is 16.0. The average Bonchev–Trinajstić information content (AvgIpc) is 3.20. The largest absolute Gasteiger partial charge is 0.349 e. The van der Waals surface area contributed by atoms with Crippen molar-refractivity contribution in [3.8, 4) is 0 Å². The highest BCUT2D eigenvalue weighted by Gasteiger charge is 2.21. The van der Waals surface area contributed by atoms with Gasteiger partial charge in [-0.25, -0.2) is 9.37 Å². The van der Waals surface area contributed by atoms with Gasteiger partial charge in [0.25, 0.3) is 0 Å². The molecule has 0 saturated carbocycles. The molecule has 1 aliphatic carbocycles. The van der Waals surface area contributed by atoms with E-state index in [2.05, 4.69) is 32.6 Å². The average molecular weight is 409 g/mol. The van der Waals surface area contributed by atoms with Crippen molar-refractivity contribution >= 4 is 29.8 Å². The van der Waals surface area contributed by atoms with E-state index in [4.69, 9.17) is 0 Å². The lowest BCUT2D eigenvalue weighted by molar-refractivity contribution is -0.119. The maximum Gasteiger partial charge on any atom is 0.230 e. The van der Waals surface area contributed by atoms with Crippen molar-refractivity contribution in [1.29, 1.82) is 0 Å². The second-order valence-corrected chi connectivity index (χ2v) is 7.83. The van der Waals surface area contributed by atoms with Crippen LogP contribution in [0, 0.1) is 5.82 Å². The Morgan fingerprint density at radius 3 is 2.90 bits per heavy atom. The third kappa shape index (κ3) is 5.12. The number of hydrogen-bond donors (Lipinski definition) is 2. The number of rotatable bonds is 6. The van der Waals surface area contributed by atoms with E-state index in [1.54, 1.807) is 18.2 Å². The van der Waals surface area contributed by atoms with Gasteiger partial charge in [-0.15, -0.1) is 5.10 Å². The summed E-state index contributed by atoms with van der Waals surface area (Å²) in [5.41, 5.74) is 3.41. The molecule has 0 radical (unpaired) electrons. The zero-order valence-corrected chi connectivity index (χ0v) is 16.6. The zero-order valence-electron chi connectivity index (χ0n) is 15.8. The minimum absolute atomic E-state index is 0.0232. The molecule has 0 aliphatic heterocycles. The van der Waals surface area contributed by atoms with Crippen molar-refractivity contribution in [3.05, 3.63) is 76.9 Å². The highest BCUT2D eigenvalue weighted by molar-refractivity contribution is 7.99. The highest BCUT2D eigenvalue weighted by atomic mass is 32.2. The molecule has 1 amide bonds. The number of nitrogens with zero attached hydrogens (tertiary/aromatic N) is 2. The van der Waals surface area contributed by atoms with Crippen LogP contribution < -0.4 is 5.32 Å². The first-order chi connectivity index (χ1) is 14.2. The Morgan fingerprint density at radius 2 is 2.03 bits per heavy atom. The van der Waals surface area contributed by atoms with Crippen LogP contribution >= 0.6 is 11.8 Å². The van der Waals surface area contributed by atoms with Crippen molar-refractivity contribution in [2.75, 3.05) is 5.75 Å². The van der Waals surface area contributed by atoms with Crippen LogP contribution in [0.1, 0.15) is 41.4 Å². The summed E-state index contributed by atoms with van der Waals surface area (Å²) in [6.45, 7) is 0. The van der Waals surface area contributed by atoms with Gasteiger partial charge < -0.3 is 5.32 Å². The summed E-state index contributed by atoms with van der Waals surface area (Å²) >= 11 is 1.29. The summed E-state index contributed by atoms with van der Waals surface area (Å²) in [5.74, 6) is 0.552. The quantitative estimate of drug-likeness (QED) is 0.593. The van der Waals surface area contributed by atoms with Gasteiger partial charge in [0.1, 0.15) is 11.6 Å². The predicted molar refractivity (Wildman–Crippen MR) is 113 cm³/mol. The topological polar surface area (TPSA) is 70.7 Å². The number of aromatic nitrogens is 3. The predicted octanol–water partition coefficient (Wildman–Crippen LogP) is 4.40. The van der Waals surface area contributed by atoms with Gasteiger partial charge in [-0.3, -0.25) is 9.89 Å². The molecule has 2 N–H and O–H groups in total. The number of thioether (sulfide) groups is 1. The van der Waals surface area contributed by atoms with Gasteiger partial charge in [-0.2, -0.15) is 0 Å². The molecule has 0 bridgehead atoms. The van der Waals surface area contributed by atoms with Crippen LogP contribution in [0.2, 0.25) is 0 Å². The Balaban J connectivity index is 1.30. The lowest BCUT2D eigenvalue weighted by Gasteiger charge is -2.26. The van der Waals surface area contributed by atoms with E-state index < -0.39 is 0 Å². The number of nitrogens with one attached hydrogen (secondary N) is 2. The molecule has 5 nitrogen and oxygen atoms in total. The molecular weight excluding hydrogens is 387 g/mol. The van der Waals surface area contributed by atoms with E-state index in [1.807, 2.05) is 18.2 Å². The first-order valence-electron chi connectivity index (χ1n) is 9.53. The van der Waals surface area contributed by atoms with Crippen molar-refractivity contribution < 1.29 is 9.18 Å². The van der Waals surface area contributed by atoms with E-state index in [0.717, 1.165) is 24.8 Å². The number of aromatic amines is 1.